The zero-order valence-electron chi connectivity index (χ0n) is 12.7. The molecule has 0 fully saturated rings. The van der Waals surface area contributed by atoms with E-state index in [4.69, 9.17) is 0 Å². The van der Waals surface area contributed by atoms with Crippen LogP contribution < -0.4 is 16.6 Å². The minimum Gasteiger partial charge on any atom is -0.316 e. The fourth-order valence-corrected chi connectivity index (χ4v) is 2.09. The van der Waals surface area contributed by atoms with Crippen molar-refractivity contribution in [2.45, 2.75) is 6.92 Å². The Hall–Kier alpha value is -3.23. The number of nitro benzene ring substituents is 1. The topological polar surface area (TPSA) is 116 Å². The summed E-state index contributed by atoms with van der Waals surface area (Å²) in [6, 6.07) is 3.92. The Balaban J connectivity index is 2.43. The molecule has 1 amide bonds. The van der Waals surface area contributed by atoms with Crippen LogP contribution in [0.5, 0.6) is 0 Å². The predicted octanol–water partition coefficient (Wildman–Crippen LogP) is 0.553. The van der Waals surface area contributed by atoms with Crippen LogP contribution in [-0.4, -0.2) is 20.0 Å². The maximum Gasteiger partial charge on any atom is 0.330 e. The minimum absolute atomic E-state index is 0.0487. The molecule has 0 unspecified atom stereocenters. The second kappa shape index (κ2) is 5.87. The third-order valence-corrected chi connectivity index (χ3v) is 3.23. The summed E-state index contributed by atoms with van der Waals surface area (Å²) in [6.45, 7) is 1.62. The number of amides is 1. The summed E-state index contributed by atoms with van der Waals surface area (Å²) in [6.07, 6.45) is 1.20. The fraction of sp³-hybridized carbons (Fsp3) is 0.214. The maximum atomic E-state index is 12.2. The highest BCUT2D eigenvalue weighted by molar-refractivity contribution is 6.04. The molecule has 2 aromatic rings. The van der Waals surface area contributed by atoms with Crippen molar-refractivity contribution in [3.05, 3.63) is 66.5 Å². The summed E-state index contributed by atoms with van der Waals surface area (Å²) >= 11 is 0. The normalized spacial score (nSPS) is 10.4. The largest absolute Gasteiger partial charge is 0.330 e. The quantitative estimate of drug-likeness (QED) is 0.655. The summed E-state index contributed by atoms with van der Waals surface area (Å²) in [4.78, 5) is 46.1. The molecule has 9 nitrogen and oxygen atoms in total. The van der Waals surface area contributed by atoms with Crippen molar-refractivity contribution in [3.63, 3.8) is 0 Å². The van der Waals surface area contributed by atoms with Gasteiger partial charge in [-0.05, 0) is 18.6 Å². The summed E-state index contributed by atoms with van der Waals surface area (Å²) in [5.74, 6) is -0.674. The number of carbonyl (C=O) groups is 1. The van der Waals surface area contributed by atoms with E-state index < -0.39 is 22.1 Å². The van der Waals surface area contributed by atoms with Crippen molar-refractivity contribution >= 4 is 17.3 Å². The van der Waals surface area contributed by atoms with Gasteiger partial charge in [-0.3, -0.25) is 24.3 Å². The fourth-order valence-electron chi connectivity index (χ4n) is 2.09. The van der Waals surface area contributed by atoms with Crippen molar-refractivity contribution in [3.8, 4) is 0 Å². The summed E-state index contributed by atoms with van der Waals surface area (Å²) in [5, 5.41) is 13.2. The molecule has 0 saturated heterocycles. The molecule has 0 bridgehead atoms. The Bertz CT molecular complexity index is 926. The van der Waals surface area contributed by atoms with Gasteiger partial charge in [0.05, 0.1) is 4.92 Å². The van der Waals surface area contributed by atoms with Gasteiger partial charge in [0.25, 0.3) is 17.2 Å². The van der Waals surface area contributed by atoms with E-state index in [1.165, 1.54) is 32.4 Å². The van der Waals surface area contributed by atoms with Crippen LogP contribution in [-0.2, 0) is 14.1 Å². The molecule has 0 spiro atoms. The van der Waals surface area contributed by atoms with Crippen molar-refractivity contribution in [1.82, 2.24) is 9.13 Å². The lowest BCUT2D eigenvalue weighted by Gasteiger charge is -2.08. The molecular formula is C14H14N4O5. The van der Waals surface area contributed by atoms with Gasteiger partial charge >= 0.3 is 5.69 Å². The molecule has 0 atom stereocenters. The van der Waals surface area contributed by atoms with Crippen LogP contribution in [0.25, 0.3) is 0 Å². The van der Waals surface area contributed by atoms with Crippen molar-refractivity contribution < 1.29 is 9.72 Å². The highest BCUT2D eigenvalue weighted by Gasteiger charge is 2.15. The van der Waals surface area contributed by atoms with Crippen LogP contribution in [0, 0.1) is 17.0 Å². The van der Waals surface area contributed by atoms with Crippen LogP contribution in [0.2, 0.25) is 0 Å². The molecule has 9 heteroatoms. The molecule has 1 aromatic heterocycles. The van der Waals surface area contributed by atoms with E-state index in [-0.39, 0.29) is 16.9 Å². The number of nitro groups is 1. The first kappa shape index (κ1) is 16.1. The molecule has 1 N–H and O–H groups in total. The van der Waals surface area contributed by atoms with E-state index >= 15 is 0 Å². The lowest BCUT2D eigenvalue weighted by Crippen LogP contribution is -2.38. The molecular weight excluding hydrogens is 304 g/mol. The Morgan fingerprint density at radius 3 is 2.48 bits per heavy atom. The summed E-state index contributed by atoms with van der Waals surface area (Å²) in [5.41, 5.74) is -0.916. The van der Waals surface area contributed by atoms with Crippen LogP contribution in [0.1, 0.15) is 15.9 Å². The monoisotopic (exact) mass is 318 g/mol. The number of benzene rings is 1. The van der Waals surface area contributed by atoms with E-state index in [1.54, 1.807) is 6.92 Å². The van der Waals surface area contributed by atoms with Gasteiger partial charge in [-0.25, -0.2) is 4.79 Å². The number of carbonyl (C=O) groups excluding carboxylic acids is 1. The van der Waals surface area contributed by atoms with Crippen LogP contribution in [0.4, 0.5) is 11.4 Å². The molecule has 0 aliphatic rings. The lowest BCUT2D eigenvalue weighted by molar-refractivity contribution is -0.384. The maximum absolute atomic E-state index is 12.2. The van der Waals surface area contributed by atoms with Gasteiger partial charge < -0.3 is 9.88 Å². The molecule has 1 heterocycles. The number of hydrogen-bond acceptors (Lipinski definition) is 5. The molecule has 0 radical (unpaired) electrons. The number of aromatic nitrogens is 2. The predicted molar refractivity (Wildman–Crippen MR) is 82.7 cm³/mol. The van der Waals surface area contributed by atoms with Crippen molar-refractivity contribution in [2.24, 2.45) is 14.1 Å². The highest BCUT2D eigenvalue weighted by Crippen LogP contribution is 2.17. The van der Waals surface area contributed by atoms with Gasteiger partial charge in [-0.1, -0.05) is 0 Å². The zero-order valence-corrected chi connectivity index (χ0v) is 12.7. The van der Waals surface area contributed by atoms with Crippen molar-refractivity contribution in [2.75, 3.05) is 5.32 Å². The summed E-state index contributed by atoms with van der Waals surface area (Å²) < 4.78 is 2.00. The lowest BCUT2D eigenvalue weighted by atomic mass is 10.1. The van der Waals surface area contributed by atoms with Gasteiger partial charge in [-0.15, -0.1) is 0 Å². The third kappa shape index (κ3) is 3.18. The van der Waals surface area contributed by atoms with Crippen LogP contribution >= 0.6 is 0 Å². The number of hydrogen-bond donors (Lipinski definition) is 1. The van der Waals surface area contributed by atoms with Crippen LogP contribution in [0.3, 0.4) is 0 Å². The van der Waals surface area contributed by atoms with Gasteiger partial charge in [-0.2, -0.15) is 0 Å². The smallest absolute Gasteiger partial charge is 0.316 e. The van der Waals surface area contributed by atoms with Gasteiger partial charge in [0.15, 0.2) is 0 Å². The molecule has 2 rings (SSSR count). The second-order valence-corrected chi connectivity index (χ2v) is 5.07. The zero-order chi connectivity index (χ0) is 17.3. The average Bonchev–Trinajstić information content (AvgIpc) is 2.49. The SMILES string of the molecule is Cc1cc(C(=O)Nc2cn(C)c(=O)n(C)c2=O)cc([N+](=O)[O-])c1. The van der Waals surface area contributed by atoms with E-state index in [2.05, 4.69) is 5.32 Å². The molecule has 0 aliphatic carbocycles. The molecule has 0 saturated carbocycles. The van der Waals surface area contributed by atoms with E-state index in [9.17, 15) is 24.5 Å². The minimum atomic E-state index is -0.674. The number of nitrogens with one attached hydrogen (secondary N) is 1. The van der Waals surface area contributed by atoms with Gasteiger partial charge in [0.1, 0.15) is 5.69 Å². The molecule has 120 valence electrons. The molecule has 0 aliphatic heterocycles. The standard InChI is InChI=1S/C14H14N4O5/c1-8-4-9(6-10(5-8)18(22)23)12(19)15-11-7-16(2)14(21)17(3)13(11)20/h4-7H,1-3H3,(H,15,19). The van der Waals surface area contributed by atoms with E-state index in [0.717, 1.165) is 15.2 Å². The number of nitrogens with zero attached hydrogens (tertiary/aromatic N) is 3. The first-order valence-electron chi connectivity index (χ1n) is 6.55. The average molecular weight is 318 g/mol. The van der Waals surface area contributed by atoms with Crippen molar-refractivity contribution in [1.29, 1.82) is 0 Å². The third-order valence-electron chi connectivity index (χ3n) is 3.23. The van der Waals surface area contributed by atoms with Gasteiger partial charge in [0, 0.05) is 38.0 Å². The highest BCUT2D eigenvalue weighted by atomic mass is 16.6. The number of non-ortho nitro benzene ring substituents is 1. The van der Waals surface area contributed by atoms with E-state index in [1.807, 2.05) is 0 Å². The Morgan fingerprint density at radius 1 is 1.22 bits per heavy atom. The first-order valence-corrected chi connectivity index (χ1v) is 6.55. The Labute approximate surface area is 129 Å². The Morgan fingerprint density at radius 2 is 1.87 bits per heavy atom. The number of anilines is 1. The van der Waals surface area contributed by atoms with Gasteiger partial charge in [0.2, 0.25) is 0 Å². The van der Waals surface area contributed by atoms with Crippen LogP contribution in [0.15, 0.2) is 34.0 Å². The molecule has 1 aromatic carbocycles. The molecule has 23 heavy (non-hydrogen) atoms. The summed E-state index contributed by atoms with van der Waals surface area (Å²) in [7, 11) is 2.73. The first-order chi connectivity index (χ1) is 10.7. The van der Waals surface area contributed by atoms with E-state index in [0.29, 0.717) is 5.56 Å². The number of aryl methyl sites for hydroxylation is 2. The Kier molecular flexibility index (Phi) is 4.12. The second-order valence-electron chi connectivity index (χ2n) is 5.07. The number of rotatable bonds is 3.